The number of ketones is 1. The van der Waals surface area contributed by atoms with Crippen molar-refractivity contribution < 1.29 is 4.79 Å². The van der Waals surface area contributed by atoms with E-state index in [9.17, 15) is 0 Å². The van der Waals surface area contributed by atoms with Gasteiger partial charge in [0.15, 0.2) is 5.78 Å². The number of hydrogen-bond acceptors (Lipinski definition) is 9. The highest BCUT2D eigenvalue weighted by atomic mass is 16.1. The van der Waals surface area contributed by atoms with Crippen LogP contribution in [0.4, 0.5) is 11.6 Å². The average molecular weight is 827 g/mol. The molecule has 0 amide bonds. The zero-order valence-corrected chi connectivity index (χ0v) is 36.5. The number of nitrogen functional groups attached to an aromatic ring is 2. The van der Waals surface area contributed by atoms with Gasteiger partial charge in [-0.05, 0) is 109 Å². The number of aryl methyl sites for hydroxylation is 2. The number of rotatable bonds is 16. The lowest BCUT2D eigenvalue weighted by Crippen LogP contribution is -2.60. The van der Waals surface area contributed by atoms with Crippen LogP contribution in [-0.4, -0.2) is 113 Å². The predicted molar refractivity (Wildman–Crippen MR) is 254 cm³/mol. The lowest BCUT2D eigenvalue weighted by Gasteiger charge is -2.43. The van der Waals surface area contributed by atoms with Crippen LogP contribution in [0.2, 0.25) is 0 Å². The van der Waals surface area contributed by atoms with Gasteiger partial charge in [0.1, 0.15) is 11.6 Å². The number of benzene rings is 4. The van der Waals surface area contributed by atoms with Gasteiger partial charge < -0.3 is 21.3 Å². The summed E-state index contributed by atoms with van der Waals surface area (Å²) < 4.78 is 0. The number of anilines is 2. The first-order valence-electron chi connectivity index (χ1n) is 22.4. The van der Waals surface area contributed by atoms with Crippen LogP contribution in [0.3, 0.4) is 0 Å². The fraction of sp³-hybridized carbons (Fsp3) is 0.340. The fourth-order valence-corrected chi connectivity index (χ4v) is 9.37. The van der Waals surface area contributed by atoms with Gasteiger partial charge in [-0.1, -0.05) is 97.1 Å². The number of Topliss-reactive ketones (excluding diaryl/α,β-unsaturated/α-hetero) is 1. The normalized spacial score (nSPS) is 16.5. The molecule has 4 N–H and O–H groups in total. The largest absolute Gasteiger partial charge is 0.384 e. The Bertz CT molecular complexity index is 2220. The van der Waals surface area contributed by atoms with Crippen LogP contribution >= 0.6 is 0 Å². The second kappa shape index (κ2) is 20.4. The maximum atomic E-state index is 15.3. The van der Waals surface area contributed by atoms with Crippen molar-refractivity contribution in [2.45, 2.75) is 51.6 Å². The Labute approximate surface area is 368 Å². The Kier molecular flexibility index (Phi) is 14.2. The zero-order chi connectivity index (χ0) is 42.8. The van der Waals surface area contributed by atoms with Crippen molar-refractivity contribution >= 4 is 17.4 Å². The molecule has 2 aliphatic rings. The summed E-state index contributed by atoms with van der Waals surface area (Å²) in [5, 5.41) is 0. The molecule has 0 spiro atoms. The van der Waals surface area contributed by atoms with Gasteiger partial charge in [0, 0.05) is 76.6 Å². The molecule has 2 aliphatic heterocycles. The Balaban J connectivity index is 0.912. The Morgan fingerprint density at radius 3 is 1.29 bits per heavy atom. The number of nitrogens with zero attached hydrogens (tertiary/aromatic N) is 6. The van der Waals surface area contributed by atoms with E-state index < -0.39 is 0 Å². The molecule has 4 aromatic carbocycles. The maximum absolute atomic E-state index is 15.3. The summed E-state index contributed by atoms with van der Waals surface area (Å²) >= 11 is 0. The zero-order valence-electron chi connectivity index (χ0n) is 36.5. The quantitative estimate of drug-likeness (QED) is 0.103. The lowest BCUT2D eigenvalue weighted by molar-refractivity contribution is -0.131. The molecule has 0 radical (unpaired) electrons. The van der Waals surface area contributed by atoms with Gasteiger partial charge in [-0.2, -0.15) is 0 Å². The molecular formula is C53H62N8O. The number of piperazine rings is 2. The molecule has 320 valence electrons. The second-order valence-corrected chi connectivity index (χ2v) is 17.2. The summed E-state index contributed by atoms with van der Waals surface area (Å²) in [5.41, 5.74) is 23.6. The van der Waals surface area contributed by atoms with Crippen molar-refractivity contribution in [3.8, 4) is 22.5 Å². The molecule has 9 nitrogen and oxygen atoms in total. The van der Waals surface area contributed by atoms with Gasteiger partial charge in [-0.15, -0.1) is 0 Å². The van der Waals surface area contributed by atoms with Crippen molar-refractivity contribution in [3.05, 3.63) is 167 Å². The van der Waals surface area contributed by atoms with Gasteiger partial charge in [-0.3, -0.25) is 14.6 Å². The van der Waals surface area contributed by atoms with Gasteiger partial charge in [0.2, 0.25) is 0 Å². The van der Waals surface area contributed by atoms with E-state index in [2.05, 4.69) is 140 Å². The summed E-state index contributed by atoms with van der Waals surface area (Å²) in [7, 11) is 0. The van der Waals surface area contributed by atoms with Crippen molar-refractivity contribution in [3.63, 3.8) is 0 Å². The van der Waals surface area contributed by atoms with Gasteiger partial charge in [0.25, 0.3) is 0 Å². The molecule has 2 aromatic heterocycles. The van der Waals surface area contributed by atoms with Crippen molar-refractivity contribution in [1.29, 1.82) is 0 Å². The van der Waals surface area contributed by atoms with E-state index in [0.717, 1.165) is 114 Å². The predicted octanol–water partition coefficient (Wildman–Crippen LogP) is 7.40. The van der Waals surface area contributed by atoms with E-state index in [1.165, 1.54) is 33.4 Å². The highest BCUT2D eigenvalue weighted by Gasteiger charge is 2.37. The first kappa shape index (κ1) is 43.0. The minimum atomic E-state index is -0.185. The van der Waals surface area contributed by atoms with E-state index in [1.54, 1.807) is 0 Å². The van der Waals surface area contributed by atoms with E-state index in [1.807, 2.05) is 36.4 Å². The third kappa shape index (κ3) is 11.0. The molecule has 2 unspecified atom stereocenters. The average Bonchev–Trinajstić information content (AvgIpc) is 3.30. The standard InChI is InChI=1S/C53H62N8O/c1-39-35-45(47-15-9-17-51(54)56-47)21-19-43(39)23-25-58-27-31-60(32-28-58)49(37-41-11-5-3-6-12-41)53(62)50(38-42-13-7-4-8-14-42)61-33-29-59(30-34-61)26-24-44-20-22-46(36-40(44)2)48-16-10-18-52(55)57-48/h3-22,35-36,49-50H,23-34,37-38H2,1-2H3,(H2,54,56)(H2,55,57). The molecule has 2 atom stereocenters. The number of pyridine rings is 2. The summed E-state index contributed by atoms with van der Waals surface area (Å²) in [6, 6.07) is 45.7. The SMILES string of the molecule is Cc1cc(-c2cccc(N)n2)ccc1CCN1CCN(C(Cc2ccccc2)C(=O)C(Cc2ccccc2)N2CCN(CCc3ccc(-c4cccc(N)n4)cc3C)CC2)CC1. The number of aromatic nitrogens is 2. The number of hydrogen-bond donors (Lipinski definition) is 2. The van der Waals surface area contributed by atoms with Gasteiger partial charge >= 0.3 is 0 Å². The number of nitrogens with two attached hydrogens (primary N) is 2. The maximum Gasteiger partial charge on any atom is 0.167 e. The lowest BCUT2D eigenvalue weighted by atomic mass is 9.91. The van der Waals surface area contributed by atoms with Crippen molar-refractivity contribution in [2.75, 3.05) is 76.9 Å². The third-order valence-electron chi connectivity index (χ3n) is 13.1. The highest BCUT2D eigenvalue weighted by Crippen LogP contribution is 2.25. The Morgan fingerprint density at radius 2 is 0.919 bits per heavy atom. The summed E-state index contributed by atoms with van der Waals surface area (Å²) in [4.78, 5) is 34.4. The summed E-state index contributed by atoms with van der Waals surface area (Å²) in [6.07, 6.45) is 3.43. The van der Waals surface area contributed by atoms with Crippen LogP contribution in [0.1, 0.15) is 33.4 Å². The number of carbonyl (C=O) groups excluding carboxylic acids is 1. The van der Waals surface area contributed by atoms with Gasteiger partial charge in [-0.25, -0.2) is 9.97 Å². The van der Waals surface area contributed by atoms with E-state index in [-0.39, 0.29) is 12.1 Å². The first-order chi connectivity index (χ1) is 30.3. The number of carbonyl (C=O) groups is 1. The van der Waals surface area contributed by atoms with E-state index in [0.29, 0.717) is 17.4 Å². The van der Waals surface area contributed by atoms with Crippen LogP contribution in [0.25, 0.3) is 22.5 Å². The first-order valence-corrected chi connectivity index (χ1v) is 22.4. The molecule has 9 heteroatoms. The Morgan fingerprint density at radius 1 is 0.516 bits per heavy atom. The summed E-state index contributed by atoms with van der Waals surface area (Å²) in [6.45, 7) is 13.7. The van der Waals surface area contributed by atoms with E-state index >= 15 is 4.79 Å². The third-order valence-corrected chi connectivity index (χ3v) is 13.1. The Hall–Kier alpha value is -5.71. The minimum absolute atomic E-state index is 0.185. The monoisotopic (exact) mass is 827 g/mol. The highest BCUT2D eigenvalue weighted by molar-refractivity contribution is 5.89. The fourth-order valence-electron chi connectivity index (χ4n) is 9.37. The van der Waals surface area contributed by atoms with Crippen LogP contribution in [0.5, 0.6) is 0 Å². The van der Waals surface area contributed by atoms with Crippen LogP contribution in [0, 0.1) is 13.8 Å². The van der Waals surface area contributed by atoms with E-state index in [4.69, 9.17) is 11.5 Å². The molecule has 6 aromatic rings. The molecule has 0 saturated carbocycles. The van der Waals surface area contributed by atoms with Crippen LogP contribution in [0.15, 0.2) is 133 Å². The molecule has 8 rings (SSSR count). The minimum Gasteiger partial charge on any atom is -0.384 e. The second-order valence-electron chi connectivity index (χ2n) is 17.2. The molecule has 0 bridgehead atoms. The molecular weight excluding hydrogens is 765 g/mol. The molecule has 2 saturated heterocycles. The van der Waals surface area contributed by atoms with Crippen LogP contribution in [-0.2, 0) is 30.5 Å². The molecule has 62 heavy (non-hydrogen) atoms. The molecule has 4 heterocycles. The van der Waals surface area contributed by atoms with Crippen molar-refractivity contribution in [1.82, 2.24) is 29.6 Å². The molecule has 0 aliphatic carbocycles. The topological polar surface area (TPSA) is 108 Å². The van der Waals surface area contributed by atoms with Gasteiger partial charge in [0.05, 0.1) is 23.5 Å². The van der Waals surface area contributed by atoms with Crippen molar-refractivity contribution in [2.24, 2.45) is 0 Å². The summed E-state index contributed by atoms with van der Waals surface area (Å²) in [5.74, 6) is 1.43. The smallest absolute Gasteiger partial charge is 0.167 e. The van der Waals surface area contributed by atoms with Crippen LogP contribution < -0.4 is 11.5 Å². The molecule has 2 fully saturated rings.